The summed E-state index contributed by atoms with van der Waals surface area (Å²) in [6, 6.07) is 0. The molecule has 0 aromatic heterocycles. The number of nitrogens with one attached hydrogen (secondary N) is 1. The second-order valence-electron chi connectivity index (χ2n) is 7.81. The smallest absolute Gasteiger partial charge is 0.226 e. The highest BCUT2D eigenvalue weighted by atomic mass is 16.2. The molecule has 3 aliphatic rings. The zero-order valence-electron chi connectivity index (χ0n) is 12.2. The Kier molecular flexibility index (Phi) is 2.42. The van der Waals surface area contributed by atoms with Crippen LogP contribution in [0.25, 0.3) is 0 Å². The van der Waals surface area contributed by atoms with Gasteiger partial charge in [0.25, 0.3) is 0 Å². The SMILES string of the molecule is CC1(C)C(C(=O)N2CCC3(CCNC3)C2)C1(C)C. The Morgan fingerprint density at radius 3 is 2.33 bits per heavy atom. The van der Waals surface area contributed by atoms with Crippen molar-refractivity contribution in [1.29, 1.82) is 0 Å². The van der Waals surface area contributed by atoms with Crippen LogP contribution in [0, 0.1) is 22.2 Å². The van der Waals surface area contributed by atoms with Gasteiger partial charge in [0.15, 0.2) is 0 Å². The summed E-state index contributed by atoms with van der Waals surface area (Å²) in [4.78, 5) is 14.8. The Morgan fingerprint density at radius 1 is 1.17 bits per heavy atom. The number of hydrogen-bond donors (Lipinski definition) is 1. The Bertz CT molecular complexity index is 366. The number of carbonyl (C=O) groups excluding carboxylic acids is 1. The molecule has 2 aliphatic heterocycles. The molecule has 1 spiro atoms. The number of carbonyl (C=O) groups is 1. The van der Waals surface area contributed by atoms with E-state index in [4.69, 9.17) is 0 Å². The van der Waals surface area contributed by atoms with Gasteiger partial charge in [0.2, 0.25) is 5.91 Å². The van der Waals surface area contributed by atoms with Gasteiger partial charge in [-0.2, -0.15) is 0 Å². The molecule has 1 N–H and O–H groups in total. The van der Waals surface area contributed by atoms with Crippen molar-refractivity contribution < 1.29 is 4.79 Å². The lowest BCUT2D eigenvalue weighted by atomic mass is 9.86. The summed E-state index contributed by atoms with van der Waals surface area (Å²) < 4.78 is 0. The first-order chi connectivity index (χ1) is 8.30. The van der Waals surface area contributed by atoms with E-state index in [2.05, 4.69) is 37.9 Å². The number of likely N-dealkylation sites (tertiary alicyclic amines) is 1. The van der Waals surface area contributed by atoms with Crippen LogP contribution < -0.4 is 5.32 Å². The molecule has 0 aromatic rings. The van der Waals surface area contributed by atoms with Crippen molar-refractivity contribution in [2.45, 2.75) is 40.5 Å². The van der Waals surface area contributed by atoms with Crippen LogP contribution in [-0.2, 0) is 4.79 Å². The summed E-state index contributed by atoms with van der Waals surface area (Å²) in [6.07, 6.45) is 2.44. The molecule has 3 nitrogen and oxygen atoms in total. The normalized spacial score (nSPS) is 37.4. The lowest BCUT2D eigenvalue weighted by molar-refractivity contribution is -0.133. The van der Waals surface area contributed by atoms with E-state index >= 15 is 0 Å². The molecule has 2 saturated heterocycles. The van der Waals surface area contributed by atoms with Gasteiger partial charge in [0, 0.05) is 31.0 Å². The maximum atomic E-state index is 12.7. The molecule has 1 aliphatic carbocycles. The van der Waals surface area contributed by atoms with Crippen LogP contribution in [0.4, 0.5) is 0 Å². The van der Waals surface area contributed by atoms with Crippen LogP contribution in [0.3, 0.4) is 0 Å². The maximum Gasteiger partial charge on any atom is 0.226 e. The van der Waals surface area contributed by atoms with Gasteiger partial charge in [0.1, 0.15) is 0 Å². The van der Waals surface area contributed by atoms with Crippen molar-refractivity contribution >= 4 is 5.91 Å². The van der Waals surface area contributed by atoms with E-state index in [0.717, 1.165) is 26.2 Å². The predicted molar refractivity (Wildman–Crippen MR) is 72.2 cm³/mol. The fourth-order valence-corrected chi connectivity index (χ4v) is 4.26. The minimum absolute atomic E-state index is 0.174. The van der Waals surface area contributed by atoms with Crippen molar-refractivity contribution in [2.75, 3.05) is 26.2 Å². The van der Waals surface area contributed by atoms with Crippen molar-refractivity contribution in [2.24, 2.45) is 22.2 Å². The summed E-state index contributed by atoms with van der Waals surface area (Å²) in [7, 11) is 0. The van der Waals surface area contributed by atoms with Crippen molar-refractivity contribution in [3.63, 3.8) is 0 Å². The predicted octanol–water partition coefficient (Wildman–Crippen LogP) is 1.88. The molecule has 0 aromatic carbocycles. The average Bonchev–Trinajstić information content (AvgIpc) is 2.78. The van der Waals surface area contributed by atoms with E-state index in [0.29, 0.717) is 11.3 Å². The highest BCUT2D eigenvalue weighted by molar-refractivity contribution is 5.84. The molecule has 0 radical (unpaired) electrons. The van der Waals surface area contributed by atoms with E-state index in [1.54, 1.807) is 0 Å². The monoisotopic (exact) mass is 250 g/mol. The van der Waals surface area contributed by atoms with Crippen molar-refractivity contribution in [3.05, 3.63) is 0 Å². The number of hydrogen-bond acceptors (Lipinski definition) is 2. The fraction of sp³-hybridized carbons (Fsp3) is 0.933. The lowest BCUT2D eigenvalue weighted by Crippen LogP contribution is -2.35. The van der Waals surface area contributed by atoms with E-state index in [-0.39, 0.29) is 16.7 Å². The fourth-order valence-electron chi connectivity index (χ4n) is 4.26. The van der Waals surface area contributed by atoms with Gasteiger partial charge in [-0.15, -0.1) is 0 Å². The molecule has 1 unspecified atom stereocenters. The zero-order valence-corrected chi connectivity index (χ0v) is 12.2. The molecule has 102 valence electrons. The third-order valence-electron chi connectivity index (χ3n) is 6.35. The number of amides is 1. The van der Waals surface area contributed by atoms with Gasteiger partial charge >= 0.3 is 0 Å². The minimum Gasteiger partial charge on any atom is -0.342 e. The Labute approximate surface area is 110 Å². The highest BCUT2D eigenvalue weighted by Crippen LogP contribution is 2.69. The Hall–Kier alpha value is -0.570. The van der Waals surface area contributed by atoms with Crippen molar-refractivity contribution in [1.82, 2.24) is 10.2 Å². The lowest BCUT2D eigenvalue weighted by Gasteiger charge is -2.23. The first kappa shape index (κ1) is 12.5. The van der Waals surface area contributed by atoms with E-state index in [1.807, 2.05) is 0 Å². The van der Waals surface area contributed by atoms with Gasteiger partial charge in [-0.1, -0.05) is 27.7 Å². The number of rotatable bonds is 1. The quantitative estimate of drug-likeness (QED) is 0.770. The standard InChI is InChI=1S/C15H26N2O/c1-13(2)11(14(13,3)4)12(18)17-8-6-15(10-17)5-7-16-9-15/h11,16H,5-10H2,1-4H3. The summed E-state index contributed by atoms with van der Waals surface area (Å²) in [6.45, 7) is 13.1. The van der Waals surface area contributed by atoms with Gasteiger partial charge < -0.3 is 10.2 Å². The Morgan fingerprint density at radius 2 is 1.83 bits per heavy atom. The topological polar surface area (TPSA) is 32.3 Å². The first-order valence-corrected chi connectivity index (χ1v) is 7.30. The van der Waals surface area contributed by atoms with Crippen LogP contribution >= 0.6 is 0 Å². The summed E-state index contributed by atoms with van der Waals surface area (Å²) in [5.41, 5.74) is 0.750. The summed E-state index contributed by atoms with van der Waals surface area (Å²) >= 11 is 0. The highest BCUT2D eigenvalue weighted by Gasteiger charge is 2.69. The van der Waals surface area contributed by atoms with Crippen LogP contribution in [0.1, 0.15) is 40.5 Å². The van der Waals surface area contributed by atoms with Crippen LogP contribution in [-0.4, -0.2) is 37.0 Å². The summed E-state index contributed by atoms with van der Waals surface area (Å²) in [5.74, 6) is 0.642. The van der Waals surface area contributed by atoms with Gasteiger partial charge in [-0.05, 0) is 30.2 Å². The Balaban J connectivity index is 1.69. The molecular weight excluding hydrogens is 224 g/mol. The molecular formula is C15H26N2O. The van der Waals surface area contributed by atoms with Crippen LogP contribution in [0.15, 0.2) is 0 Å². The molecule has 2 heterocycles. The third kappa shape index (κ3) is 1.49. The van der Waals surface area contributed by atoms with Gasteiger partial charge in [-0.3, -0.25) is 4.79 Å². The largest absolute Gasteiger partial charge is 0.342 e. The maximum absolute atomic E-state index is 12.7. The zero-order chi connectivity index (χ0) is 13.2. The average molecular weight is 250 g/mol. The van der Waals surface area contributed by atoms with Crippen LogP contribution in [0.2, 0.25) is 0 Å². The second kappa shape index (κ2) is 3.50. The molecule has 1 saturated carbocycles. The first-order valence-electron chi connectivity index (χ1n) is 7.30. The molecule has 3 heteroatoms. The van der Waals surface area contributed by atoms with Gasteiger partial charge in [0.05, 0.1) is 0 Å². The van der Waals surface area contributed by atoms with Crippen molar-refractivity contribution in [3.8, 4) is 0 Å². The second-order valence-corrected chi connectivity index (χ2v) is 7.81. The molecule has 0 bridgehead atoms. The molecule has 18 heavy (non-hydrogen) atoms. The number of nitrogens with zero attached hydrogens (tertiary/aromatic N) is 1. The molecule has 1 amide bonds. The molecule has 1 atom stereocenters. The van der Waals surface area contributed by atoms with E-state index < -0.39 is 0 Å². The van der Waals surface area contributed by atoms with E-state index in [1.165, 1.54) is 12.8 Å². The molecule has 3 fully saturated rings. The van der Waals surface area contributed by atoms with Crippen LogP contribution in [0.5, 0.6) is 0 Å². The minimum atomic E-state index is 0.174. The summed E-state index contributed by atoms with van der Waals surface area (Å²) in [5, 5.41) is 3.45. The third-order valence-corrected chi connectivity index (χ3v) is 6.35. The molecule has 3 rings (SSSR count). The van der Waals surface area contributed by atoms with Gasteiger partial charge in [-0.25, -0.2) is 0 Å². The van der Waals surface area contributed by atoms with E-state index in [9.17, 15) is 4.79 Å².